The zero-order valence-electron chi connectivity index (χ0n) is 14.5. The predicted octanol–water partition coefficient (Wildman–Crippen LogP) is 4.76. The van der Waals surface area contributed by atoms with Crippen LogP contribution in [-0.2, 0) is 4.79 Å². The second kappa shape index (κ2) is 8.47. The number of aromatic nitrogens is 2. The normalized spacial score (nSPS) is 20.4. The first-order valence-corrected chi connectivity index (χ1v) is 10.8. The molecule has 0 saturated heterocycles. The van der Waals surface area contributed by atoms with Gasteiger partial charge in [0, 0.05) is 6.04 Å². The van der Waals surface area contributed by atoms with Crippen molar-refractivity contribution in [2.45, 2.75) is 49.9 Å². The Morgan fingerprint density at radius 3 is 2.92 bits per heavy atom. The number of hydrogen-bond donors (Lipinski definition) is 1. The van der Waals surface area contributed by atoms with E-state index in [0.29, 0.717) is 21.7 Å². The zero-order chi connectivity index (χ0) is 17.8. The van der Waals surface area contributed by atoms with Crippen LogP contribution in [0, 0.1) is 16.8 Å². The van der Waals surface area contributed by atoms with Crippen molar-refractivity contribution >= 4 is 41.2 Å². The van der Waals surface area contributed by atoms with Crippen LogP contribution < -0.4 is 5.32 Å². The standard InChI is InChI=1S/C18H23N3OS3/c1-12-7-3-5-9-14(12)19-16(22)11-24-17-20-21(18(23)25-17)15-10-6-4-8-13(15)2/h4,6,8,10,12,14H,3,5,7,9,11H2,1-2H3,(H,19,22)/t12-,14+/m0/s1. The van der Waals surface area contributed by atoms with Crippen molar-refractivity contribution in [1.29, 1.82) is 0 Å². The highest BCUT2D eigenvalue weighted by Crippen LogP contribution is 2.26. The van der Waals surface area contributed by atoms with Gasteiger partial charge in [-0.3, -0.25) is 4.79 Å². The van der Waals surface area contributed by atoms with Crippen molar-refractivity contribution < 1.29 is 4.79 Å². The van der Waals surface area contributed by atoms with Crippen LogP contribution in [0.5, 0.6) is 0 Å². The van der Waals surface area contributed by atoms with Gasteiger partial charge in [-0.05, 0) is 49.5 Å². The average Bonchev–Trinajstić information content (AvgIpc) is 2.96. The number of nitrogens with one attached hydrogen (secondary N) is 1. The SMILES string of the molecule is Cc1ccccc1-n1nc(SCC(=O)N[C@@H]2CCCC[C@@H]2C)sc1=S. The molecule has 1 aliphatic rings. The molecule has 0 unspecified atom stereocenters. The molecule has 2 aromatic rings. The largest absolute Gasteiger partial charge is 0.352 e. The van der Waals surface area contributed by atoms with Crippen LogP contribution in [0.3, 0.4) is 0 Å². The Kier molecular flexibility index (Phi) is 6.30. The maximum absolute atomic E-state index is 12.3. The van der Waals surface area contributed by atoms with Gasteiger partial charge in [0.1, 0.15) is 0 Å². The lowest BCUT2D eigenvalue weighted by Crippen LogP contribution is -2.41. The third-order valence-corrected chi connectivity index (χ3v) is 7.02. The fraction of sp³-hybridized carbons (Fsp3) is 0.500. The quantitative estimate of drug-likeness (QED) is 0.588. The van der Waals surface area contributed by atoms with E-state index < -0.39 is 0 Å². The van der Waals surface area contributed by atoms with Crippen molar-refractivity contribution in [3.8, 4) is 5.69 Å². The minimum Gasteiger partial charge on any atom is -0.352 e. The summed E-state index contributed by atoms with van der Waals surface area (Å²) in [6.45, 7) is 4.27. The fourth-order valence-electron chi connectivity index (χ4n) is 3.18. The number of rotatable bonds is 5. The summed E-state index contributed by atoms with van der Waals surface area (Å²) >= 11 is 8.36. The monoisotopic (exact) mass is 393 g/mol. The second-order valence-electron chi connectivity index (χ2n) is 6.56. The molecule has 7 heteroatoms. The fourth-order valence-corrected chi connectivity index (χ4v) is 5.34. The summed E-state index contributed by atoms with van der Waals surface area (Å²) in [7, 11) is 0. The maximum atomic E-state index is 12.3. The average molecular weight is 394 g/mol. The first-order chi connectivity index (χ1) is 12.0. The van der Waals surface area contributed by atoms with Gasteiger partial charge in [0.15, 0.2) is 8.29 Å². The van der Waals surface area contributed by atoms with Gasteiger partial charge in [0.25, 0.3) is 0 Å². The minimum absolute atomic E-state index is 0.0901. The molecule has 4 nitrogen and oxygen atoms in total. The van der Waals surface area contributed by atoms with E-state index >= 15 is 0 Å². The molecule has 1 fully saturated rings. The summed E-state index contributed by atoms with van der Waals surface area (Å²) in [6.07, 6.45) is 4.80. The Balaban J connectivity index is 1.61. The molecule has 3 rings (SSSR count). The van der Waals surface area contributed by atoms with Gasteiger partial charge in [0.05, 0.1) is 11.4 Å². The lowest BCUT2D eigenvalue weighted by molar-refractivity contribution is -0.119. The van der Waals surface area contributed by atoms with E-state index in [2.05, 4.69) is 17.3 Å². The number of aryl methyl sites for hydroxylation is 1. The number of carbonyl (C=O) groups excluding carboxylic acids is 1. The third-order valence-electron chi connectivity index (χ3n) is 4.66. The van der Waals surface area contributed by atoms with Crippen molar-refractivity contribution in [1.82, 2.24) is 15.1 Å². The molecule has 1 N–H and O–H groups in total. The molecule has 0 radical (unpaired) electrons. The van der Waals surface area contributed by atoms with Crippen LogP contribution in [0.1, 0.15) is 38.2 Å². The zero-order valence-corrected chi connectivity index (χ0v) is 17.0. The molecule has 2 atom stereocenters. The Morgan fingerprint density at radius 1 is 1.40 bits per heavy atom. The Hall–Kier alpha value is -1.18. The molecule has 1 aromatic carbocycles. The van der Waals surface area contributed by atoms with E-state index in [0.717, 1.165) is 22.0 Å². The van der Waals surface area contributed by atoms with Crippen molar-refractivity contribution in [2.75, 3.05) is 5.75 Å². The Bertz CT molecular complexity index is 799. The summed E-state index contributed by atoms with van der Waals surface area (Å²) in [5, 5.41) is 7.77. The molecule has 1 amide bonds. The van der Waals surface area contributed by atoms with Gasteiger partial charge in [-0.2, -0.15) is 0 Å². The van der Waals surface area contributed by atoms with E-state index in [1.165, 1.54) is 42.4 Å². The highest BCUT2D eigenvalue weighted by Gasteiger charge is 2.22. The summed E-state index contributed by atoms with van der Waals surface area (Å²) in [5.41, 5.74) is 2.13. The summed E-state index contributed by atoms with van der Waals surface area (Å²) in [5.74, 6) is 1.05. The van der Waals surface area contributed by atoms with Crippen LogP contribution in [0.25, 0.3) is 5.69 Å². The highest BCUT2D eigenvalue weighted by atomic mass is 32.2. The topological polar surface area (TPSA) is 46.9 Å². The molecule has 25 heavy (non-hydrogen) atoms. The van der Waals surface area contributed by atoms with Crippen LogP contribution in [0.4, 0.5) is 0 Å². The van der Waals surface area contributed by atoms with Gasteiger partial charge in [-0.1, -0.05) is 61.1 Å². The molecule has 0 bridgehead atoms. The van der Waals surface area contributed by atoms with E-state index in [9.17, 15) is 4.79 Å². The predicted molar refractivity (Wildman–Crippen MR) is 107 cm³/mol. The van der Waals surface area contributed by atoms with E-state index in [-0.39, 0.29) is 5.91 Å². The Labute approximate surface area is 162 Å². The van der Waals surface area contributed by atoms with Crippen LogP contribution in [0.2, 0.25) is 0 Å². The van der Waals surface area contributed by atoms with Gasteiger partial charge in [-0.25, -0.2) is 4.68 Å². The molecule has 1 saturated carbocycles. The lowest BCUT2D eigenvalue weighted by atomic mass is 9.86. The van der Waals surface area contributed by atoms with E-state index in [1.54, 1.807) is 4.68 Å². The van der Waals surface area contributed by atoms with Crippen molar-refractivity contribution in [3.05, 3.63) is 33.8 Å². The molecule has 1 aromatic heterocycles. The number of nitrogens with zero attached hydrogens (tertiary/aromatic N) is 2. The smallest absolute Gasteiger partial charge is 0.230 e. The van der Waals surface area contributed by atoms with Gasteiger partial charge in [-0.15, -0.1) is 5.10 Å². The maximum Gasteiger partial charge on any atom is 0.230 e. The van der Waals surface area contributed by atoms with Gasteiger partial charge >= 0.3 is 0 Å². The van der Waals surface area contributed by atoms with Gasteiger partial charge in [0.2, 0.25) is 5.91 Å². The minimum atomic E-state index is 0.0901. The molecular weight excluding hydrogens is 370 g/mol. The molecular formula is C18H23N3OS3. The lowest BCUT2D eigenvalue weighted by Gasteiger charge is -2.29. The number of para-hydroxylation sites is 1. The Morgan fingerprint density at radius 2 is 2.16 bits per heavy atom. The van der Waals surface area contributed by atoms with E-state index in [4.69, 9.17) is 12.2 Å². The molecule has 134 valence electrons. The summed E-state index contributed by atoms with van der Waals surface area (Å²) < 4.78 is 3.33. The summed E-state index contributed by atoms with van der Waals surface area (Å²) in [4.78, 5) is 12.3. The van der Waals surface area contributed by atoms with Crippen LogP contribution in [0.15, 0.2) is 28.6 Å². The van der Waals surface area contributed by atoms with Crippen LogP contribution in [-0.4, -0.2) is 27.5 Å². The second-order valence-corrected chi connectivity index (χ2v) is 9.40. The van der Waals surface area contributed by atoms with E-state index in [1.807, 2.05) is 31.2 Å². The summed E-state index contributed by atoms with van der Waals surface area (Å²) in [6, 6.07) is 8.36. The van der Waals surface area contributed by atoms with Crippen LogP contribution >= 0.6 is 35.3 Å². The van der Waals surface area contributed by atoms with Crippen molar-refractivity contribution in [2.24, 2.45) is 5.92 Å². The first-order valence-electron chi connectivity index (χ1n) is 8.63. The number of benzene rings is 1. The third kappa shape index (κ3) is 4.71. The van der Waals surface area contributed by atoms with Gasteiger partial charge < -0.3 is 5.32 Å². The molecule has 0 spiro atoms. The number of carbonyl (C=O) groups is 1. The molecule has 1 aliphatic carbocycles. The van der Waals surface area contributed by atoms with Crippen molar-refractivity contribution in [3.63, 3.8) is 0 Å². The molecule has 0 aliphatic heterocycles. The number of hydrogen-bond acceptors (Lipinski definition) is 5. The number of amides is 1. The first kappa shape index (κ1) is 18.6. The number of thioether (sulfide) groups is 1. The highest BCUT2D eigenvalue weighted by molar-refractivity contribution is 8.01. The molecule has 1 heterocycles.